The molecule has 4 rings (SSSR count). The molecule has 0 radical (unpaired) electrons. The van der Waals surface area contributed by atoms with E-state index in [0.717, 1.165) is 22.3 Å². The van der Waals surface area contributed by atoms with E-state index in [1.165, 1.54) is 0 Å². The van der Waals surface area contributed by atoms with Crippen molar-refractivity contribution in [1.82, 2.24) is 5.32 Å². The lowest BCUT2D eigenvalue weighted by atomic mass is 9.81. The molecule has 0 spiro atoms. The van der Waals surface area contributed by atoms with E-state index in [4.69, 9.17) is 32.5 Å². The topological polar surface area (TPSA) is 122 Å². The van der Waals surface area contributed by atoms with Crippen LogP contribution in [0.3, 0.4) is 0 Å². The number of hydrogen-bond acceptors (Lipinski definition) is 5. The Hall–Kier alpha value is -3.89. The summed E-state index contributed by atoms with van der Waals surface area (Å²) >= 11 is 12.4. The van der Waals surface area contributed by atoms with Crippen molar-refractivity contribution in [3.8, 4) is 16.9 Å². The molecular weight excluding hydrogens is 659 g/mol. The van der Waals surface area contributed by atoms with Gasteiger partial charge < -0.3 is 15.4 Å². The third-order valence-electron chi connectivity index (χ3n) is 7.43. The SMILES string of the molecule is CC(c1ccc(C(=O)NCCS(=O)(=O)O)cc1)C(C(=O)Nc1ccc(-c2ccc(Cl)cc2Cl)cc1)c1ccc(OCC(C)(C)C)cc1. The van der Waals surface area contributed by atoms with Crippen molar-refractivity contribution < 1.29 is 27.3 Å². The fourth-order valence-electron chi connectivity index (χ4n) is 4.94. The summed E-state index contributed by atoms with van der Waals surface area (Å²) in [5.41, 5.74) is 4.23. The van der Waals surface area contributed by atoms with Crippen LogP contribution in [0.4, 0.5) is 5.69 Å². The zero-order valence-corrected chi connectivity index (χ0v) is 28.9. The van der Waals surface area contributed by atoms with Gasteiger partial charge in [0.2, 0.25) is 5.91 Å². The van der Waals surface area contributed by atoms with Crippen LogP contribution in [0.5, 0.6) is 5.75 Å². The normalized spacial score (nSPS) is 13.0. The first-order valence-corrected chi connectivity index (χ1v) is 17.4. The predicted molar refractivity (Wildman–Crippen MR) is 188 cm³/mol. The lowest BCUT2D eigenvalue weighted by molar-refractivity contribution is -0.118. The first-order chi connectivity index (χ1) is 22.1. The average molecular weight is 698 g/mol. The number of benzene rings is 4. The third kappa shape index (κ3) is 10.6. The number of ether oxygens (including phenoxy) is 1. The molecule has 0 aliphatic carbocycles. The maximum absolute atomic E-state index is 14.0. The Bertz CT molecular complexity index is 1800. The Morgan fingerprint density at radius 3 is 2.06 bits per heavy atom. The lowest BCUT2D eigenvalue weighted by Gasteiger charge is -2.25. The molecule has 11 heteroatoms. The first kappa shape index (κ1) is 36.0. The van der Waals surface area contributed by atoms with Gasteiger partial charge in [-0.15, -0.1) is 0 Å². The van der Waals surface area contributed by atoms with Crippen LogP contribution in [0.1, 0.15) is 61.0 Å². The van der Waals surface area contributed by atoms with Crippen LogP contribution in [-0.2, 0) is 14.9 Å². The summed E-state index contributed by atoms with van der Waals surface area (Å²) in [6.45, 7) is 8.54. The third-order valence-corrected chi connectivity index (χ3v) is 8.70. The van der Waals surface area contributed by atoms with Crippen molar-refractivity contribution in [2.45, 2.75) is 39.5 Å². The molecule has 3 N–H and O–H groups in total. The number of carbonyl (C=O) groups is 2. The summed E-state index contributed by atoms with van der Waals surface area (Å²) in [6.07, 6.45) is 0. The van der Waals surface area contributed by atoms with Crippen LogP contribution < -0.4 is 15.4 Å². The number of nitrogens with one attached hydrogen (secondary N) is 2. The van der Waals surface area contributed by atoms with Gasteiger partial charge in [-0.2, -0.15) is 8.42 Å². The molecule has 4 aromatic carbocycles. The molecule has 0 saturated carbocycles. The fourth-order valence-corrected chi connectivity index (χ4v) is 5.82. The Balaban J connectivity index is 1.56. The van der Waals surface area contributed by atoms with Crippen LogP contribution >= 0.6 is 23.2 Å². The molecule has 47 heavy (non-hydrogen) atoms. The van der Waals surface area contributed by atoms with Crippen LogP contribution in [0.2, 0.25) is 10.0 Å². The first-order valence-electron chi connectivity index (χ1n) is 15.0. The molecule has 2 unspecified atom stereocenters. The van der Waals surface area contributed by atoms with Gasteiger partial charge in [0, 0.05) is 33.4 Å². The van der Waals surface area contributed by atoms with Gasteiger partial charge in [-0.05, 0) is 76.6 Å². The summed E-state index contributed by atoms with van der Waals surface area (Å²) < 4.78 is 36.8. The Kier molecular flexibility index (Phi) is 11.7. The monoisotopic (exact) mass is 696 g/mol. The summed E-state index contributed by atoms with van der Waals surface area (Å²) in [6, 6.07) is 27.0. The highest BCUT2D eigenvalue weighted by Gasteiger charge is 2.29. The van der Waals surface area contributed by atoms with Crippen LogP contribution in [-0.4, -0.2) is 43.7 Å². The van der Waals surface area contributed by atoms with Crippen molar-refractivity contribution in [2.24, 2.45) is 5.41 Å². The van der Waals surface area contributed by atoms with E-state index in [0.29, 0.717) is 33.7 Å². The second-order valence-electron chi connectivity index (χ2n) is 12.5. The zero-order valence-electron chi connectivity index (χ0n) is 26.6. The zero-order chi connectivity index (χ0) is 34.4. The van der Waals surface area contributed by atoms with Crippen molar-refractivity contribution >= 4 is 50.8 Å². The average Bonchev–Trinajstić information content (AvgIpc) is 3.00. The maximum atomic E-state index is 14.0. The van der Waals surface area contributed by atoms with E-state index in [1.807, 2.05) is 61.5 Å². The highest BCUT2D eigenvalue weighted by molar-refractivity contribution is 7.85. The van der Waals surface area contributed by atoms with Crippen molar-refractivity contribution in [3.63, 3.8) is 0 Å². The van der Waals surface area contributed by atoms with Gasteiger partial charge in [-0.3, -0.25) is 14.1 Å². The smallest absolute Gasteiger partial charge is 0.266 e. The molecule has 0 aliphatic heterocycles. The molecule has 8 nitrogen and oxygen atoms in total. The number of anilines is 1. The molecule has 248 valence electrons. The largest absolute Gasteiger partial charge is 0.493 e. The van der Waals surface area contributed by atoms with Crippen molar-refractivity contribution in [1.29, 1.82) is 0 Å². The molecule has 2 atom stereocenters. The minimum Gasteiger partial charge on any atom is -0.493 e. The molecule has 0 bridgehead atoms. The van der Waals surface area contributed by atoms with Gasteiger partial charge in [0.1, 0.15) is 5.75 Å². The van der Waals surface area contributed by atoms with Crippen LogP contribution in [0, 0.1) is 5.41 Å². The number of hydrogen-bond donors (Lipinski definition) is 3. The molecule has 2 amide bonds. The summed E-state index contributed by atoms with van der Waals surface area (Å²) in [4.78, 5) is 26.5. The predicted octanol–water partition coefficient (Wildman–Crippen LogP) is 8.23. The van der Waals surface area contributed by atoms with Gasteiger partial charge in [-0.25, -0.2) is 0 Å². The van der Waals surface area contributed by atoms with E-state index >= 15 is 0 Å². The number of amides is 2. The van der Waals surface area contributed by atoms with E-state index in [9.17, 15) is 18.0 Å². The quantitative estimate of drug-likeness (QED) is 0.128. The summed E-state index contributed by atoms with van der Waals surface area (Å²) in [5, 5.41) is 6.61. The van der Waals surface area contributed by atoms with Gasteiger partial charge in [-0.1, -0.05) is 93.4 Å². The number of rotatable bonds is 12. The standard InChI is InChI=1S/C36H38Cl2N2O6S/c1-23(24-5-7-27(8-6-24)34(41)39-19-20-47(43,44)45)33(26-11-16-30(17-12-26)46-22-36(2,3)4)35(42)40-29-14-9-25(10-15-29)31-18-13-28(37)21-32(31)38/h5-18,21,23,33H,19-20,22H2,1-4H3,(H,39,41)(H,40,42)(H,43,44,45). The molecule has 0 aliphatic rings. The second kappa shape index (κ2) is 15.3. The van der Waals surface area contributed by atoms with E-state index in [2.05, 4.69) is 31.4 Å². The Morgan fingerprint density at radius 2 is 1.49 bits per heavy atom. The molecule has 0 heterocycles. The lowest BCUT2D eigenvalue weighted by Crippen LogP contribution is -2.29. The summed E-state index contributed by atoms with van der Waals surface area (Å²) in [5.74, 6) is -1.48. The number of carbonyl (C=O) groups excluding carboxylic acids is 2. The van der Waals surface area contributed by atoms with E-state index in [-0.39, 0.29) is 23.8 Å². The van der Waals surface area contributed by atoms with Crippen LogP contribution in [0.25, 0.3) is 11.1 Å². The minimum atomic E-state index is -4.19. The van der Waals surface area contributed by atoms with E-state index < -0.39 is 27.7 Å². The van der Waals surface area contributed by atoms with Crippen LogP contribution in [0.15, 0.2) is 91.0 Å². The second-order valence-corrected chi connectivity index (χ2v) is 15.0. The highest BCUT2D eigenvalue weighted by Crippen LogP contribution is 2.36. The fraction of sp³-hybridized carbons (Fsp3) is 0.278. The van der Waals surface area contributed by atoms with Gasteiger partial charge in [0.05, 0.1) is 18.3 Å². The molecule has 0 saturated heterocycles. The minimum absolute atomic E-state index is 0.0103. The van der Waals surface area contributed by atoms with Gasteiger partial charge in [0.15, 0.2) is 0 Å². The molecule has 0 fully saturated rings. The van der Waals surface area contributed by atoms with Gasteiger partial charge in [0.25, 0.3) is 16.0 Å². The Labute approximate surface area is 286 Å². The van der Waals surface area contributed by atoms with Crippen molar-refractivity contribution in [2.75, 3.05) is 24.2 Å². The molecule has 0 aromatic heterocycles. The maximum Gasteiger partial charge on any atom is 0.266 e. The van der Waals surface area contributed by atoms with Crippen molar-refractivity contribution in [3.05, 3.63) is 118 Å². The Morgan fingerprint density at radius 1 is 0.872 bits per heavy atom. The summed E-state index contributed by atoms with van der Waals surface area (Å²) in [7, 11) is -4.19. The molecule has 4 aromatic rings. The highest BCUT2D eigenvalue weighted by atomic mass is 35.5. The number of halogens is 2. The van der Waals surface area contributed by atoms with E-state index in [1.54, 1.807) is 36.4 Å². The molecular formula is C36H38Cl2N2O6S. The van der Waals surface area contributed by atoms with Gasteiger partial charge >= 0.3 is 0 Å².